The molecule has 106 valence electrons. The van der Waals surface area contributed by atoms with Gasteiger partial charge in [0.15, 0.2) is 0 Å². The largest absolute Gasteiger partial charge is 0.375 e. The Balaban J connectivity index is 2.34. The maximum atomic E-state index is 14.0. The van der Waals surface area contributed by atoms with Gasteiger partial charge in [-0.25, -0.2) is 8.78 Å². The Morgan fingerprint density at radius 3 is 2.32 bits per heavy atom. The zero-order chi connectivity index (χ0) is 14.3. The van der Waals surface area contributed by atoms with Crippen LogP contribution >= 0.6 is 27.5 Å². The lowest BCUT2D eigenvalue weighted by Gasteiger charge is -2.24. The van der Waals surface area contributed by atoms with Crippen LogP contribution in [0.4, 0.5) is 8.78 Å². The quantitative estimate of drug-likeness (QED) is 0.533. The molecule has 5 unspecified atom stereocenters. The lowest BCUT2D eigenvalue weighted by molar-refractivity contribution is 0.0507. The number of hydrogen-bond acceptors (Lipinski definition) is 1. The summed E-state index contributed by atoms with van der Waals surface area (Å²) >= 11 is 9.36. The van der Waals surface area contributed by atoms with E-state index in [0.717, 1.165) is 6.07 Å². The van der Waals surface area contributed by atoms with Crippen LogP contribution in [0.15, 0.2) is 16.6 Å². The molecule has 2 rings (SSSR count). The lowest BCUT2D eigenvalue weighted by Crippen LogP contribution is -2.23. The van der Waals surface area contributed by atoms with Crippen molar-refractivity contribution in [2.24, 2.45) is 11.8 Å². The summed E-state index contributed by atoms with van der Waals surface area (Å²) < 4.78 is 33.4. The molecule has 0 spiro atoms. The maximum Gasteiger partial charge on any atom is 0.137 e. The van der Waals surface area contributed by atoms with Gasteiger partial charge in [-0.2, -0.15) is 0 Å². The van der Waals surface area contributed by atoms with Crippen LogP contribution in [-0.4, -0.2) is 12.2 Å². The molecule has 0 bridgehead atoms. The van der Waals surface area contributed by atoms with Gasteiger partial charge in [-0.15, -0.1) is 11.6 Å². The van der Waals surface area contributed by atoms with E-state index in [1.807, 2.05) is 20.8 Å². The first kappa shape index (κ1) is 15.2. The highest BCUT2D eigenvalue weighted by Gasteiger charge is 2.42. The molecule has 0 saturated carbocycles. The molecule has 0 amide bonds. The lowest BCUT2D eigenvalue weighted by atomic mass is 9.84. The van der Waals surface area contributed by atoms with Gasteiger partial charge in [0.1, 0.15) is 11.6 Å². The van der Waals surface area contributed by atoms with Gasteiger partial charge in [0.25, 0.3) is 0 Å². The molecular weight excluding hydrogens is 338 g/mol. The van der Waals surface area contributed by atoms with Crippen LogP contribution in [0.3, 0.4) is 0 Å². The first-order valence-electron chi connectivity index (χ1n) is 6.27. The highest BCUT2D eigenvalue weighted by molar-refractivity contribution is 9.10. The Labute approximate surface area is 125 Å². The Bertz CT molecular complexity index is 483. The van der Waals surface area contributed by atoms with Crippen molar-refractivity contribution >= 4 is 27.5 Å². The summed E-state index contributed by atoms with van der Waals surface area (Å²) in [4.78, 5) is 0. The van der Waals surface area contributed by atoms with E-state index in [9.17, 15) is 8.78 Å². The number of rotatable bonds is 2. The van der Waals surface area contributed by atoms with Crippen molar-refractivity contribution in [2.45, 2.75) is 38.4 Å². The molecular formula is C14H16BrClF2O. The molecule has 1 aliphatic heterocycles. The smallest absolute Gasteiger partial charge is 0.137 e. The fourth-order valence-electron chi connectivity index (χ4n) is 2.75. The van der Waals surface area contributed by atoms with E-state index in [-0.39, 0.29) is 34.1 Å². The predicted molar refractivity (Wildman–Crippen MR) is 75.3 cm³/mol. The second kappa shape index (κ2) is 5.66. The normalized spacial score (nSPS) is 32.6. The van der Waals surface area contributed by atoms with Crippen molar-refractivity contribution in [3.63, 3.8) is 0 Å². The number of halogens is 4. The van der Waals surface area contributed by atoms with Gasteiger partial charge in [0, 0.05) is 11.5 Å². The molecule has 1 fully saturated rings. The highest BCUT2D eigenvalue weighted by Crippen LogP contribution is 2.45. The second-order valence-electron chi connectivity index (χ2n) is 5.17. The van der Waals surface area contributed by atoms with Crippen molar-refractivity contribution < 1.29 is 13.5 Å². The van der Waals surface area contributed by atoms with Crippen molar-refractivity contribution in [3.05, 3.63) is 33.8 Å². The average Bonchev–Trinajstić information content (AvgIpc) is 2.57. The molecule has 1 saturated heterocycles. The number of ether oxygens (including phenoxy) is 1. The van der Waals surface area contributed by atoms with Crippen LogP contribution < -0.4 is 0 Å². The van der Waals surface area contributed by atoms with E-state index >= 15 is 0 Å². The van der Waals surface area contributed by atoms with Gasteiger partial charge >= 0.3 is 0 Å². The van der Waals surface area contributed by atoms with Crippen molar-refractivity contribution in [1.82, 2.24) is 0 Å². The van der Waals surface area contributed by atoms with Gasteiger partial charge in [0.2, 0.25) is 0 Å². The van der Waals surface area contributed by atoms with E-state index < -0.39 is 17.0 Å². The molecule has 1 aromatic carbocycles. The fraction of sp³-hybridized carbons (Fsp3) is 0.571. The Morgan fingerprint density at radius 1 is 1.16 bits per heavy atom. The monoisotopic (exact) mass is 352 g/mol. The maximum absolute atomic E-state index is 14.0. The third kappa shape index (κ3) is 2.81. The highest BCUT2D eigenvalue weighted by atomic mass is 79.9. The topological polar surface area (TPSA) is 9.23 Å². The van der Waals surface area contributed by atoms with E-state index in [1.54, 1.807) is 0 Å². The zero-order valence-corrected chi connectivity index (χ0v) is 13.3. The summed E-state index contributed by atoms with van der Waals surface area (Å²) in [6, 6.07) is 2.29. The summed E-state index contributed by atoms with van der Waals surface area (Å²) in [5, 5.41) is -0.599. The number of alkyl halides is 1. The summed E-state index contributed by atoms with van der Waals surface area (Å²) in [5.74, 6) is -0.836. The molecule has 0 radical (unpaired) electrons. The minimum atomic E-state index is -0.599. The molecule has 5 atom stereocenters. The number of benzene rings is 1. The number of hydrogen-bond donors (Lipinski definition) is 0. The minimum Gasteiger partial charge on any atom is -0.375 e. The molecule has 1 heterocycles. The molecule has 1 aromatic rings. The van der Waals surface area contributed by atoms with Gasteiger partial charge in [-0.05, 0) is 47.8 Å². The average molecular weight is 354 g/mol. The first-order valence-corrected chi connectivity index (χ1v) is 7.49. The summed E-state index contributed by atoms with van der Waals surface area (Å²) in [6.07, 6.45) is 0.00298. The Morgan fingerprint density at radius 2 is 1.79 bits per heavy atom. The van der Waals surface area contributed by atoms with Crippen LogP contribution in [0.1, 0.15) is 31.7 Å². The third-order valence-corrected chi connectivity index (χ3v) is 5.13. The van der Waals surface area contributed by atoms with Gasteiger partial charge < -0.3 is 4.74 Å². The van der Waals surface area contributed by atoms with Crippen LogP contribution in [0.25, 0.3) is 0 Å². The zero-order valence-electron chi connectivity index (χ0n) is 11.0. The van der Waals surface area contributed by atoms with Crippen LogP contribution in [-0.2, 0) is 4.74 Å². The van der Waals surface area contributed by atoms with Crippen molar-refractivity contribution in [1.29, 1.82) is 0 Å². The predicted octanol–water partition coefficient (Wildman–Crippen LogP) is 5.07. The van der Waals surface area contributed by atoms with Crippen LogP contribution in [0.2, 0.25) is 0 Å². The van der Waals surface area contributed by atoms with E-state index in [0.29, 0.717) is 0 Å². The molecule has 0 aromatic heterocycles. The van der Waals surface area contributed by atoms with Gasteiger partial charge in [-0.1, -0.05) is 6.92 Å². The molecule has 1 nitrogen and oxygen atoms in total. The summed E-state index contributed by atoms with van der Waals surface area (Å²) in [5.41, 5.74) is 0.198. The van der Waals surface area contributed by atoms with Crippen molar-refractivity contribution in [3.8, 4) is 0 Å². The van der Waals surface area contributed by atoms with Gasteiger partial charge in [-0.3, -0.25) is 0 Å². The fourth-order valence-corrected chi connectivity index (χ4v) is 3.67. The molecule has 5 heteroatoms. The first-order chi connectivity index (χ1) is 8.82. The summed E-state index contributed by atoms with van der Waals surface area (Å²) in [7, 11) is 0. The molecule has 0 aliphatic carbocycles. The Kier molecular flexibility index (Phi) is 4.53. The van der Waals surface area contributed by atoms with E-state index in [4.69, 9.17) is 16.3 Å². The van der Waals surface area contributed by atoms with E-state index in [2.05, 4.69) is 15.9 Å². The van der Waals surface area contributed by atoms with E-state index in [1.165, 1.54) is 6.07 Å². The minimum absolute atomic E-state index is 0.0354. The second-order valence-corrected chi connectivity index (χ2v) is 6.50. The van der Waals surface area contributed by atoms with Crippen LogP contribution in [0.5, 0.6) is 0 Å². The molecule has 19 heavy (non-hydrogen) atoms. The van der Waals surface area contributed by atoms with Crippen molar-refractivity contribution in [2.75, 3.05) is 0 Å². The Hall–Kier alpha value is -0.190. The van der Waals surface area contributed by atoms with Gasteiger partial charge in [0.05, 0.1) is 22.1 Å². The summed E-state index contributed by atoms with van der Waals surface area (Å²) in [6.45, 7) is 5.93. The third-order valence-electron chi connectivity index (χ3n) is 3.99. The molecule has 0 N–H and O–H groups in total. The van der Waals surface area contributed by atoms with Crippen LogP contribution in [0, 0.1) is 23.5 Å². The molecule has 1 aliphatic rings. The SMILES string of the molecule is CC1OC(C)C(C(Cl)c2cc(F)c(Br)cc2F)C1C. The standard InChI is InChI=1S/C14H16BrClF2O/c1-6-7(2)19-8(3)13(6)14(16)9-4-12(18)10(15)5-11(9)17/h4-8,13-14H,1-3H3.